The van der Waals surface area contributed by atoms with E-state index in [1.54, 1.807) is 12.1 Å². The average Bonchev–Trinajstić information content (AvgIpc) is 2.24. The molecule has 0 bridgehead atoms. The lowest BCUT2D eigenvalue weighted by Crippen LogP contribution is -2.05. The number of halogens is 3. The molecule has 0 spiro atoms. The van der Waals surface area contributed by atoms with Gasteiger partial charge < -0.3 is 5.11 Å². The van der Waals surface area contributed by atoms with Crippen molar-refractivity contribution >= 4 is 6.08 Å². The second kappa shape index (κ2) is 5.36. The summed E-state index contributed by atoms with van der Waals surface area (Å²) in [4.78, 5) is 0. The molecule has 0 heterocycles. The summed E-state index contributed by atoms with van der Waals surface area (Å²) < 4.78 is 37.4. The topological polar surface area (TPSA) is 20.2 Å². The highest BCUT2D eigenvalue weighted by atomic mass is 19.4. The van der Waals surface area contributed by atoms with Gasteiger partial charge in [0.25, 0.3) is 0 Å². The third-order valence-electron chi connectivity index (χ3n) is 2.49. The van der Waals surface area contributed by atoms with Crippen LogP contribution >= 0.6 is 0 Å². The number of benzene rings is 1. The first-order chi connectivity index (χ1) is 7.84. The molecular formula is C13H15F3O. The fraction of sp³-hybridized carbons (Fsp3) is 0.385. The van der Waals surface area contributed by atoms with Crippen molar-refractivity contribution in [2.24, 2.45) is 5.92 Å². The first-order valence-electron chi connectivity index (χ1n) is 5.33. The lowest BCUT2D eigenvalue weighted by atomic mass is 10.0. The zero-order valence-corrected chi connectivity index (χ0v) is 9.75. The van der Waals surface area contributed by atoms with Crippen molar-refractivity contribution in [1.82, 2.24) is 0 Å². The van der Waals surface area contributed by atoms with Gasteiger partial charge in [0.05, 0.1) is 12.2 Å². The van der Waals surface area contributed by atoms with E-state index < -0.39 is 11.7 Å². The molecule has 17 heavy (non-hydrogen) atoms. The number of aliphatic hydroxyl groups is 1. The predicted molar refractivity (Wildman–Crippen MR) is 61.3 cm³/mol. The van der Waals surface area contributed by atoms with Gasteiger partial charge in [0, 0.05) is 0 Å². The first-order valence-corrected chi connectivity index (χ1v) is 5.33. The number of hydrogen-bond acceptors (Lipinski definition) is 1. The van der Waals surface area contributed by atoms with E-state index in [0.29, 0.717) is 11.1 Å². The molecule has 0 fully saturated rings. The van der Waals surface area contributed by atoms with Crippen LogP contribution < -0.4 is 0 Å². The Morgan fingerprint density at radius 3 is 2.47 bits per heavy atom. The zero-order chi connectivity index (χ0) is 13.1. The van der Waals surface area contributed by atoms with Gasteiger partial charge in [-0.15, -0.1) is 0 Å². The van der Waals surface area contributed by atoms with Gasteiger partial charge in [-0.05, 0) is 29.2 Å². The van der Waals surface area contributed by atoms with E-state index in [1.807, 2.05) is 13.8 Å². The normalized spacial score (nSPS) is 13.2. The quantitative estimate of drug-likeness (QED) is 0.858. The smallest absolute Gasteiger partial charge is 0.392 e. The van der Waals surface area contributed by atoms with E-state index in [0.717, 1.165) is 12.1 Å². The van der Waals surface area contributed by atoms with Crippen LogP contribution in [-0.4, -0.2) is 11.7 Å². The van der Waals surface area contributed by atoms with Gasteiger partial charge in [0.2, 0.25) is 0 Å². The molecule has 1 N–H and O–H groups in total. The van der Waals surface area contributed by atoms with Gasteiger partial charge in [-0.1, -0.05) is 32.1 Å². The standard InChI is InChI=1S/C13H15F3O/c1-9(2)11(8-17)6-10-4-3-5-12(7-10)13(14,15)16/h3-7,9,17H,8H2,1-2H3. The zero-order valence-electron chi connectivity index (χ0n) is 9.75. The van der Waals surface area contributed by atoms with E-state index in [1.165, 1.54) is 6.07 Å². The monoisotopic (exact) mass is 244 g/mol. The predicted octanol–water partition coefficient (Wildman–Crippen LogP) is 3.74. The van der Waals surface area contributed by atoms with Crippen LogP contribution in [-0.2, 0) is 6.18 Å². The van der Waals surface area contributed by atoms with Crippen LogP contribution in [0.4, 0.5) is 13.2 Å². The minimum absolute atomic E-state index is 0.106. The van der Waals surface area contributed by atoms with Gasteiger partial charge in [0.1, 0.15) is 0 Å². The highest BCUT2D eigenvalue weighted by molar-refractivity contribution is 5.54. The molecule has 1 nitrogen and oxygen atoms in total. The van der Waals surface area contributed by atoms with Crippen LogP contribution in [0.5, 0.6) is 0 Å². The van der Waals surface area contributed by atoms with Crippen molar-refractivity contribution in [1.29, 1.82) is 0 Å². The Kier molecular flexibility index (Phi) is 4.34. The molecule has 0 atom stereocenters. The van der Waals surface area contributed by atoms with Crippen LogP contribution in [0.1, 0.15) is 25.0 Å². The van der Waals surface area contributed by atoms with Crippen molar-refractivity contribution < 1.29 is 18.3 Å². The minimum atomic E-state index is -4.33. The Morgan fingerprint density at radius 2 is 2.00 bits per heavy atom. The summed E-state index contributed by atoms with van der Waals surface area (Å²) in [6, 6.07) is 5.07. The van der Waals surface area contributed by atoms with Crippen molar-refractivity contribution in [3.8, 4) is 0 Å². The molecule has 0 aliphatic carbocycles. The number of aliphatic hydroxyl groups excluding tert-OH is 1. The summed E-state index contributed by atoms with van der Waals surface area (Å²) in [5.41, 5.74) is 0.495. The summed E-state index contributed by atoms with van der Waals surface area (Å²) in [5.74, 6) is 0.106. The highest BCUT2D eigenvalue weighted by Crippen LogP contribution is 2.30. The molecule has 0 saturated heterocycles. The molecule has 94 valence electrons. The summed E-state index contributed by atoms with van der Waals surface area (Å²) in [6.45, 7) is 3.62. The van der Waals surface area contributed by atoms with Gasteiger partial charge in [-0.3, -0.25) is 0 Å². The van der Waals surface area contributed by atoms with E-state index in [-0.39, 0.29) is 12.5 Å². The van der Waals surface area contributed by atoms with Crippen molar-refractivity contribution in [3.05, 3.63) is 41.0 Å². The Hall–Kier alpha value is -1.29. The number of hydrogen-bond donors (Lipinski definition) is 1. The van der Waals surface area contributed by atoms with E-state index in [4.69, 9.17) is 5.11 Å². The maximum Gasteiger partial charge on any atom is 0.416 e. The maximum atomic E-state index is 12.5. The number of alkyl halides is 3. The summed E-state index contributed by atoms with van der Waals surface area (Å²) in [5, 5.41) is 9.10. The largest absolute Gasteiger partial charge is 0.416 e. The van der Waals surface area contributed by atoms with Gasteiger partial charge in [-0.25, -0.2) is 0 Å². The molecule has 0 saturated carbocycles. The fourth-order valence-electron chi connectivity index (χ4n) is 1.41. The molecular weight excluding hydrogens is 229 g/mol. The van der Waals surface area contributed by atoms with Crippen molar-refractivity contribution in [2.75, 3.05) is 6.61 Å². The molecule has 0 amide bonds. The fourth-order valence-corrected chi connectivity index (χ4v) is 1.41. The van der Waals surface area contributed by atoms with Crippen molar-refractivity contribution in [3.63, 3.8) is 0 Å². The Bertz CT molecular complexity index is 405. The Labute approximate surface area is 98.6 Å². The molecule has 0 aromatic heterocycles. The molecule has 0 radical (unpaired) electrons. The second-order valence-corrected chi connectivity index (χ2v) is 4.16. The van der Waals surface area contributed by atoms with Crippen LogP contribution in [0.15, 0.2) is 29.8 Å². The lowest BCUT2D eigenvalue weighted by molar-refractivity contribution is -0.137. The van der Waals surface area contributed by atoms with Crippen LogP contribution in [0.2, 0.25) is 0 Å². The Morgan fingerprint density at radius 1 is 1.35 bits per heavy atom. The average molecular weight is 244 g/mol. The molecule has 0 unspecified atom stereocenters. The van der Waals surface area contributed by atoms with Gasteiger partial charge in [0.15, 0.2) is 0 Å². The van der Waals surface area contributed by atoms with E-state index in [9.17, 15) is 13.2 Å². The molecule has 1 aromatic carbocycles. The summed E-state index contributed by atoms with van der Waals surface area (Å²) in [7, 11) is 0. The molecule has 1 rings (SSSR count). The first kappa shape index (κ1) is 13.8. The van der Waals surface area contributed by atoms with Gasteiger partial charge in [-0.2, -0.15) is 13.2 Å². The molecule has 0 aliphatic heterocycles. The SMILES string of the molecule is CC(C)C(=Cc1cccc(C(F)(F)F)c1)CO. The van der Waals surface area contributed by atoms with Crippen molar-refractivity contribution in [2.45, 2.75) is 20.0 Å². The Balaban J connectivity index is 3.08. The second-order valence-electron chi connectivity index (χ2n) is 4.16. The van der Waals surface area contributed by atoms with Crippen LogP contribution in [0.3, 0.4) is 0 Å². The number of rotatable bonds is 3. The minimum Gasteiger partial charge on any atom is -0.392 e. The van der Waals surface area contributed by atoms with Crippen LogP contribution in [0.25, 0.3) is 6.08 Å². The van der Waals surface area contributed by atoms with Gasteiger partial charge >= 0.3 is 6.18 Å². The van der Waals surface area contributed by atoms with E-state index in [2.05, 4.69) is 0 Å². The molecule has 4 heteroatoms. The summed E-state index contributed by atoms with van der Waals surface area (Å²) >= 11 is 0. The third kappa shape index (κ3) is 3.89. The lowest BCUT2D eigenvalue weighted by Gasteiger charge is -2.10. The highest BCUT2D eigenvalue weighted by Gasteiger charge is 2.30. The van der Waals surface area contributed by atoms with Crippen LogP contribution in [0, 0.1) is 5.92 Å². The maximum absolute atomic E-state index is 12.5. The van der Waals surface area contributed by atoms with E-state index >= 15 is 0 Å². The molecule has 0 aliphatic rings. The molecule has 1 aromatic rings. The summed E-state index contributed by atoms with van der Waals surface area (Å²) in [6.07, 6.45) is -2.74. The third-order valence-corrected chi connectivity index (χ3v) is 2.49.